The molecule has 1 amide bonds. The number of aromatic nitrogens is 1. The Morgan fingerprint density at radius 3 is 2.54 bits per heavy atom. The molecule has 2 aromatic carbocycles. The zero-order chi connectivity index (χ0) is 19.9. The van der Waals surface area contributed by atoms with Crippen LogP contribution in [-0.2, 0) is 14.6 Å². The van der Waals surface area contributed by atoms with Crippen LogP contribution in [0.1, 0.15) is 36.8 Å². The summed E-state index contributed by atoms with van der Waals surface area (Å²) in [6.45, 7) is 3.64. The minimum Gasteiger partial charge on any atom is -0.301 e. The highest BCUT2D eigenvalue weighted by Crippen LogP contribution is 2.42. The van der Waals surface area contributed by atoms with Gasteiger partial charge in [0.1, 0.15) is 0 Å². The molecule has 1 fully saturated rings. The van der Waals surface area contributed by atoms with Crippen LogP contribution in [0.15, 0.2) is 47.4 Å². The van der Waals surface area contributed by atoms with E-state index in [0.29, 0.717) is 23.5 Å². The predicted octanol–water partition coefficient (Wildman–Crippen LogP) is 4.64. The Balaban J connectivity index is 1.74. The van der Waals surface area contributed by atoms with E-state index in [0.717, 1.165) is 28.6 Å². The number of benzene rings is 2. The number of nitrogens with one attached hydrogen (secondary N) is 1. The largest absolute Gasteiger partial charge is 0.301 e. The molecule has 28 heavy (non-hydrogen) atoms. The molecule has 0 spiro atoms. The first-order chi connectivity index (χ1) is 13.3. The highest BCUT2D eigenvalue weighted by molar-refractivity contribution is 7.93. The quantitative estimate of drug-likeness (QED) is 0.675. The molecule has 1 saturated carbocycles. The van der Waals surface area contributed by atoms with Gasteiger partial charge in [-0.1, -0.05) is 48.4 Å². The van der Waals surface area contributed by atoms with Crippen LogP contribution in [0.25, 0.3) is 10.2 Å². The molecule has 5 nitrogen and oxygen atoms in total. The molecule has 0 saturated heterocycles. The van der Waals surface area contributed by atoms with Crippen LogP contribution in [0.5, 0.6) is 0 Å². The molecule has 0 atom stereocenters. The van der Waals surface area contributed by atoms with Crippen molar-refractivity contribution < 1.29 is 13.2 Å². The molecule has 0 aliphatic heterocycles. The molecule has 4 rings (SSSR count). The molecule has 0 unspecified atom stereocenters. The van der Waals surface area contributed by atoms with E-state index in [4.69, 9.17) is 0 Å². The van der Waals surface area contributed by atoms with Gasteiger partial charge in [0.15, 0.2) is 19.7 Å². The van der Waals surface area contributed by atoms with Gasteiger partial charge in [0, 0.05) is 0 Å². The number of thiazole rings is 1. The number of rotatable bonds is 4. The van der Waals surface area contributed by atoms with Gasteiger partial charge in [0.2, 0.25) is 5.91 Å². The summed E-state index contributed by atoms with van der Waals surface area (Å²) in [4.78, 5) is 18.0. The molecule has 7 heteroatoms. The van der Waals surface area contributed by atoms with Crippen molar-refractivity contribution in [3.63, 3.8) is 0 Å². The minimum absolute atomic E-state index is 0.258. The van der Waals surface area contributed by atoms with Crippen molar-refractivity contribution in [2.75, 3.05) is 5.32 Å². The smallest absolute Gasteiger partial charge is 0.248 e. The van der Waals surface area contributed by atoms with Gasteiger partial charge < -0.3 is 5.32 Å². The molecular formula is C21H22N2O3S2. The molecule has 0 radical (unpaired) electrons. The van der Waals surface area contributed by atoms with Crippen molar-refractivity contribution in [1.82, 2.24) is 4.98 Å². The number of carbonyl (C=O) groups is 1. The van der Waals surface area contributed by atoms with E-state index in [1.54, 1.807) is 19.1 Å². The lowest BCUT2D eigenvalue weighted by Gasteiger charge is -2.28. The fourth-order valence-electron chi connectivity index (χ4n) is 3.91. The highest BCUT2D eigenvalue weighted by atomic mass is 32.2. The number of fused-ring (bicyclic) bond motifs is 1. The standard InChI is InChI=1S/C21H22N2O3S2/c1-14-9-10-15(2)18(13-14)28(25,26)21(11-5-6-12-21)19(24)23-20-22-16-7-3-4-8-17(16)27-20/h3-4,7-10,13H,5-6,11-12H2,1-2H3,(H,22,23,24). The molecule has 1 heterocycles. The lowest BCUT2D eigenvalue weighted by Crippen LogP contribution is -2.47. The minimum atomic E-state index is -3.84. The van der Waals surface area contributed by atoms with Crippen molar-refractivity contribution in [1.29, 1.82) is 0 Å². The maximum Gasteiger partial charge on any atom is 0.248 e. The van der Waals surface area contributed by atoms with E-state index in [1.807, 2.05) is 37.3 Å². The first-order valence-electron chi connectivity index (χ1n) is 9.32. The number of para-hydroxylation sites is 1. The number of carbonyl (C=O) groups excluding carboxylic acids is 1. The lowest BCUT2D eigenvalue weighted by molar-refractivity contribution is -0.118. The van der Waals surface area contributed by atoms with Crippen LogP contribution in [0.2, 0.25) is 0 Å². The van der Waals surface area contributed by atoms with Crippen LogP contribution in [-0.4, -0.2) is 24.1 Å². The first-order valence-corrected chi connectivity index (χ1v) is 11.6. The average molecular weight is 415 g/mol. The van der Waals surface area contributed by atoms with Crippen molar-refractivity contribution in [3.8, 4) is 0 Å². The van der Waals surface area contributed by atoms with Gasteiger partial charge in [-0.15, -0.1) is 0 Å². The molecule has 146 valence electrons. The summed E-state index contributed by atoms with van der Waals surface area (Å²) in [6.07, 6.45) is 2.10. The zero-order valence-corrected chi connectivity index (χ0v) is 17.5. The Morgan fingerprint density at radius 2 is 1.82 bits per heavy atom. The Hall–Kier alpha value is -2.25. The molecule has 3 aromatic rings. The van der Waals surface area contributed by atoms with E-state index < -0.39 is 20.5 Å². The van der Waals surface area contributed by atoms with Crippen LogP contribution in [0, 0.1) is 13.8 Å². The summed E-state index contributed by atoms with van der Waals surface area (Å²) in [5, 5.41) is 3.25. The van der Waals surface area contributed by atoms with Gasteiger partial charge >= 0.3 is 0 Å². The van der Waals surface area contributed by atoms with Crippen molar-refractivity contribution >= 4 is 42.4 Å². The van der Waals surface area contributed by atoms with Gasteiger partial charge in [-0.2, -0.15) is 0 Å². The maximum atomic E-state index is 13.7. The molecule has 1 aliphatic carbocycles. The molecule has 0 bridgehead atoms. The van der Waals surface area contributed by atoms with Crippen molar-refractivity contribution in [3.05, 3.63) is 53.6 Å². The fourth-order valence-corrected chi connectivity index (χ4v) is 7.14. The number of nitrogens with zero attached hydrogens (tertiary/aromatic N) is 1. The third-order valence-corrected chi connectivity index (χ3v) is 9.08. The number of hydrogen-bond acceptors (Lipinski definition) is 5. The summed E-state index contributed by atoms with van der Waals surface area (Å²) >= 11 is 1.36. The number of aryl methyl sites for hydroxylation is 2. The first kappa shape index (κ1) is 19.1. The topological polar surface area (TPSA) is 76.1 Å². The average Bonchev–Trinajstić information content (AvgIpc) is 3.31. The van der Waals surface area contributed by atoms with E-state index >= 15 is 0 Å². The van der Waals surface area contributed by atoms with Gasteiger partial charge in [-0.25, -0.2) is 13.4 Å². The second-order valence-electron chi connectivity index (χ2n) is 7.41. The SMILES string of the molecule is Cc1ccc(C)c(S(=O)(=O)C2(C(=O)Nc3nc4ccccc4s3)CCCC2)c1. The number of sulfone groups is 1. The summed E-state index contributed by atoms with van der Waals surface area (Å²) < 4.78 is 26.8. The number of anilines is 1. The van der Waals surface area contributed by atoms with Crippen LogP contribution < -0.4 is 5.32 Å². The monoisotopic (exact) mass is 414 g/mol. The van der Waals surface area contributed by atoms with Crippen LogP contribution in [0.4, 0.5) is 5.13 Å². The summed E-state index contributed by atoms with van der Waals surface area (Å²) in [6, 6.07) is 13.0. The van der Waals surface area contributed by atoms with Crippen LogP contribution in [0.3, 0.4) is 0 Å². The predicted molar refractivity (Wildman–Crippen MR) is 113 cm³/mol. The molecular weight excluding hydrogens is 392 g/mol. The normalized spacial score (nSPS) is 16.4. The summed E-state index contributed by atoms with van der Waals surface area (Å²) in [5.74, 6) is -0.468. The van der Waals surface area contributed by atoms with Gasteiger partial charge in [0.25, 0.3) is 0 Å². The van der Waals surface area contributed by atoms with Crippen LogP contribution >= 0.6 is 11.3 Å². The third kappa shape index (κ3) is 3.02. The molecule has 1 N–H and O–H groups in total. The summed E-state index contributed by atoms with van der Waals surface area (Å²) in [7, 11) is -3.84. The highest BCUT2D eigenvalue weighted by Gasteiger charge is 2.53. The maximum absolute atomic E-state index is 13.7. The Morgan fingerprint density at radius 1 is 1.11 bits per heavy atom. The lowest BCUT2D eigenvalue weighted by atomic mass is 10.1. The van der Waals surface area contributed by atoms with Crippen molar-refractivity contribution in [2.45, 2.75) is 49.2 Å². The molecule has 1 aromatic heterocycles. The van der Waals surface area contributed by atoms with Gasteiger partial charge in [-0.05, 0) is 56.0 Å². The number of hydrogen-bond donors (Lipinski definition) is 1. The van der Waals surface area contributed by atoms with Gasteiger partial charge in [0.05, 0.1) is 15.1 Å². The fraction of sp³-hybridized carbons (Fsp3) is 0.333. The Kier molecular flexibility index (Phi) is 4.75. The third-order valence-electron chi connectivity index (χ3n) is 5.49. The second-order valence-corrected chi connectivity index (χ2v) is 10.7. The summed E-state index contributed by atoms with van der Waals surface area (Å²) in [5.41, 5.74) is 2.33. The molecule has 1 aliphatic rings. The van der Waals surface area contributed by atoms with E-state index in [2.05, 4.69) is 10.3 Å². The number of amides is 1. The zero-order valence-electron chi connectivity index (χ0n) is 15.9. The van der Waals surface area contributed by atoms with E-state index in [-0.39, 0.29) is 4.90 Å². The van der Waals surface area contributed by atoms with E-state index in [9.17, 15) is 13.2 Å². The second kappa shape index (κ2) is 6.97. The van der Waals surface area contributed by atoms with Crippen molar-refractivity contribution in [2.24, 2.45) is 0 Å². The Labute approximate surface area is 168 Å². The Bertz CT molecular complexity index is 1130. The van der Waals surface area contributed by atoms with Gasteiger partial charge in [-0.3, -0.25) is 4.79 Å². The van der Waals surface area contributed by atoms with E-state index in [1.165, 1.54) is 11.3 Å².